The standard InChI is InChI=1S/C19H16BrCl2N3O2S/c1-2-25-17(26)10-16(18(27)23-12-5-3-11(20)4-6-12)28-19(25)24-13-7-8-14(21)15(22)9-13/h3-9,16H,2,10H2,1H3,(H,23,27)/t16-/m0/s1. The highest BCUT2D eigenvalue weighted by molar-refractivity contribution is 9.10. The maximum absolute atomic E-state index is 12.7. The second-order valence-corrected chi connectivity index (χ2v) is 8.84. The van der Waals surface area contributed by atoms with E-state index in [1.807, 2.05) is 19.1 Å². The van der Waals surface area contributed by atoms with Crippen LogP contribution in [-0.2, 0) is 9.59 Å². The molecule has 1 atom stereocenters. The predicted molar refractivity (Wildman–Crippen MR) is 120 cm³/mol. The van der Waals surface area contributed by atoms with Crippen LogP contribution in [0.3, 0.4) is 0 Å². The van der Waals surface area contributed by atoms with E-state index in [4.69, 9.17) is 23.2 Å². The van der Waals surface area contributed by atoms with Gasteiger partial charge in [-0.15, -0.1) is 0 Å². The third kappa shape index (κ3) is 5.08. The molecule has 0 aromatic heterocycles. The quantitative estimate of drug-likeness (QED) is 0.582. The van der Waals surface area contributed by atoms with Crippen molar-refractivity contribution in [2.24, 2.45) is 4.99 Å². The summed E-state index contributed by atoms with van der Waals surface area (Å²) in [4.78, 5) is 31.3. The molecule has 146 valence electrons. The minimum Gasteiger partial charge on any atom is -0.325 e. The number of amides is 2. The number of hydrogen-bond donors (Lipinski definition) is 1. The Morgan fingerprint density at radius 2 is 1.96 bits per heavy atom. The molecule has 0 saturated carbocycles. The minimum absolute atomic E-state index is 0.112. The number of thioether (sulfide) groups is 1. The SMILES string of the molecule is CCN1C(=O)C[C@@H](C(=O)Nc2ccc(Br)cc2)SC1=Nc1ccc(Cl)c(Cl)c1. The molecule has 2 aromatic rings. The van der Waals surface area contributed by atoms with Gasteiger partial charge in [0.1, 0.15) is 5.25 Å². The number of rotatable bonds is 4. The Morgan fingerprint density at radius 1 is 1.25 bits per heavy atom. The second kappa shape index (κ2) is 9.31. The molecular weight excluding hydrogens is 485 g/mol. The number of nitrogens with one attached hydrogen (secondary N) is 1. The van der Waals surface area contributed by atoms with Crippen molar-refractivity contribution in [2.75, 3.05) is 11.9 Å². The van der Waals surface area contributed by atoms with Gasteiger partial charge < -0.3 is 5.32 Å². The number of benzene rings is 2. The minimum atomic E-state index is -0.569. The molecule has 0 unspecified atom stereocenters. The topological polar surface area (TPSA) is 61.8 Å². The van der Waals surface area contributed by atoms with Crippen molar-refractivity contribution in [2.45, 2.75) is 18.6 Å². The van der Waals surface area contributed by atoms with Gasteiger partial charge in [0.15, 0.2) is 5.17 Å². The molecule has 1 N–H and O–H groups in total. The lowest BCUT2D eigenvalue weighted by molar-refractivity contribution is -0.129. The number of hydrogen-bond acceptors (Lipinski definition) is 4. The Balaban J connectivity index is 1.82. The fourth-order valence-electron chi connectivity index (χ4n) is 2.57. The molecule has 1 aliphatic rings. The molecule has 1 aliphatic heterocycles. The van der Waals surface area contributed by atoms with Crippen molar-refractivity contribution in [3.05, 3.63) is 57.0 Å². The Morgan fingerprint density at radius 3 is 2.61 bits per heavy atom. The van der Waals surface area contributed by atoms with Crippen LogP contribution in [0, 0.1) is 0 Å². The summed E-state index contributed by atoms with van der Waals surface area (Å²) in [5.41, 5.74) is 1.24. The van der Waals surface area contributed by atoms with E-state index in [0.717, 1.165) is 4.47 Å². The third-order valence-corrected chi connectivity index (χ3v) is 6.44. The molecule has 0 bridgehead atoms. The average molecular weight is 501 g/mol. The van der Waals surface area contributed by atoms with Crippen molar-refractivity contribution in [3.63, 3.8) is 0 Å². The van der Waals surface area contributed by atoms with Gasteiger partial charge >= 0.3 is 0 Å². The zero-order valence-corrected chi connectivity index (χ0v) is 18.7. The summed E-state index contributed by atoms with van der Waals surface area (Å²) in [7, 11) is 0. The summed E-state index contributed by atoms with van der Waals surface area (Å²) in [6.45, 7) is 2.33. The van der Waals surface area contributed by atoms with Crippen LogP contribution in [-0.4, -0.2) is 33.7 Å². The van der Waals surface area contributed by atoms with Gasteiger partial charge in [-0.25, -0.2) is 4.99 Å². The van der Waals surface area contributed by atoms with Crippen LogP contribution in [0.15, 0.2) is 51.9 Å². The van der Waals surface area contributed by atoms with E-state index in [-0.39, 0.29) is 18.2 Å². The maximum Gasteiger partial charge on any atom is 0.238 e. The molecule has 0 aliphatic carbocycles. The fourth-order valence-corrected chi connectivity index (χ4v) is 4.29. The summed E-state index contributed by atoms with van der Waals surface area (Å²) in [5, 5.41) is 3.55. The summed E-state index contributed by atoms with van der Waals surface area (Å²) in [5.74, 6) is -0.380. The van der Waals surface area contributed by atoms with E-state index < -0.39 is 5.25 Å². The predicted octanol–water partition coefficient (Wildman–Crippen LogP) is 5.74. The van der Waals surface area contributed by atoms with Gasteiger partial charge in [-0.05, 0) is 49.4 Å². The van der Waals surface area contributed by atoms with Gasteiger partial charge in [-0.1, -0.05) is 50.9 Å². The molecule has 1 saturated heterocycles. The number of halogens is 3. The van der Waals surface area contributed by atoms with Crippen LogP contribution in [0.1, 0.15) is 13.3 Å². The summed E-state index contributed by atoms with van der Waals surface area (Å²) < 4.78 is 0.919. The number of carbonyl (C=O) groups excluding carboxylic acids is 2. The number of amidine groups is 1. The molecular formula is C19H16BrCl2N3O2S. The van der Waals surface area contributed by atoms with Crippen LogP contribution >= 0.6 is 50.9 Å². The lowest BCUT2D eigenvalue weighted by Crippen LogP contribution is -2.45. The van der Waals surface area contributed by atoms with Gasteiger partial charge in [-0.2, -0.15) is 0 Å². The normalized spacial score (nSPS) is 18.4. The van der Waals surface area contributed by atoms with Crippen LogP contribution < -0.4 is 5.32 Å². The number of carbonyl (C=O) groups is 2. The lowest BCUT2D eigenvalue weighted by atomic mass is 10.2. The smallest absolute Gasteiger partial charge is 0.238 e. The molecule has 5 nitrogen and oxygen atoms in total. The fraction of sp³-hybridized carbons (Fsp3) is 0.211. The van der Waals surface area contributed by atoms with Gasteiger partial charge in [0.2, 0.25) is 11.8 Å². The summed E-state index contributed by atoms with van der Waals surface area (Å²) >= 11 is 16.6. The molecule has 1 fully saturated rings. The average Bonchev–Trinajstić information content (AvgIpc) is 2.66. The summed E-state index contributed by atoms with van der Waals surface area (Å²) in [6.07, 6.45) is 0.112. The van der Waals surface area contributed by atoms with Crippen LogP contribution in [0.25, 0.3) is 0 Å². The first-order valence-electron chi connectivity index (χ1n) is 8.44. The van der Waals surface area contributed by atoms with Gasteiger partial charge in [-0.3, -0.25) is 14.5 Å². The van der Waals surface area contributed by atoms with E-state index in [0.29, 0.717) is 33.1 Å². The van der Waals surface area contributed by atoms with Crippen LogP contribution in [0.2, 0.25) is 10.0 Å². The number of aliphatic imine (C=N–C) groups is 1. The molecule has 2 aromatic carbocycles. The maximum atomic E-state index is 12.7. The highest BCUT2D eigenvalue weighted by atomic mass is 79.9. The van der Waals surface area contributed by atoms with Gasteiger partial charge in [0.25, 0.3) is 0 Å². The van der Waals surface area contributed by atoms with E-state index in [1.54, 1.807) is 35.2 Å². The molecule has 0 spiro atoms. The molecule has 2 amide bonds. The zero-order valence-electron chi connectivity index (χ0n) is 14.8. The first kappa shape index (κ1) is 21.2. The summed E-state index contributed by atoms with van der Waals surface area (Å²) in [6, 6.07) is 12.2. The highest BCUT2D eigenvalue weighted by Crippen LogP contribution is 2.32. The van der Waals surface area contributed by atoms with Crippen LogP contribution in [0.4, 0.5) is 11.4 Å². The monoisotopic (exact) mass is 499 g/mol. The van der Waals surface area contributed by atoms with E-state index in [1.165, 1.54) is 11.8 Å². The molecule has 1 heterocycles. The first-order chi connectivity index (χ1) is 13.4. The number of anilines is 1. The lowest BCUT2D eigenvalue weighted by Gasteiger charge is -2.30. The van der Waals surface area contributed by atoms with E-state index in [9.17, 15) is 9.59 Å². The molecule has 3 rings (SSSR count). The second-order valence-electron chi connectivity index (χ2n) is 5.94. The van der Waals surface area contributed by atoms with Crippen molar-refractivity contribution in [3.8, 4) is 0 Å². The van der Waals surface area contributed by atoms with E-state index >= 15 is 0 Å². The highest BCUT2D eigenvalue weighted by Gasteiger charge is 2.35. The van der Waals surface area contributed by atoms with Crippen LogP contribution in [0.5, 0.6) is 0 Å². The van der Waals surface area contributed by atoms with Crippen molar-refractivity contribution in [1.29, 1.82) is 0 Å². The van der Waals surface area contributed by atoms with Crippen molar-refractivity contribution < 1.29 is 9.59 Å². The first-order valence-corrected chi connectivity index (χ1v) is 10.9. The number of nitrogens with zero attached hydrogens (tertiary/aromatic N) is 2. The Bertz CT molecular complexity index is 937. The zero-order chi connectivity index (χ0) is 20.3. The largest absolute Gasteiger partial charge is 0.325 e. The van der Waals surface area contributed by atoms with Crippen molar-refractivity contribution in [1.82, 2.24) is 4.90 Å². The Labute approximate surface area is 185 Å². The van der Waals surface area contributed by atoms with Gasteiger partial charge in [0, 0.05) is 23.1 Å². The Hall–Kier alpha value is -1.54. The third-order valence-electron chi connectivity index (χ3n) is 3.99. The van der Waals surface area contributed by atoms with E-state index in [2.05, 4.69) is 26.2 Å². The Kier molecular flexibility index (Phi) is 7.04. The molecule has 0 radical (unpaired) electrons. The molecule has 28 heavy (non-hydrogen) atoms. The molecule has 9 heteroatoms. The van der Waals surface area contributed by atoms with Gasteiger partial charge in [0.05, 0.1) is 15.7 Å². The van der Waals surface area contributed by atoms with Crippen molar-refractivity contribution >= 4 is 79.3 Å².